The highest BCUT2D eigenvalue weighted by Gasteiger charge is 2.43. The van der Waals surface area contributed by atoms with Gasteiger partial charge in [0.1, 0.15) is 29.7 Å². The zero-order valence-corrected chi connectivity index (χ0v) is 23.3. The first-order valence-electron chi connectivity index (χ1n) is 14.0. The highest BCUT2D eigenvalue weighted by Crippen LogP contribution is 2.39. The Labute approximate surface area is 239 Å². The zero-order chi connectivity index (χ0) is 28.9. The predicted molar refractivity (Wildman–Crippen MR) is 150 cm³/mol. The summed E-state index contributed by atoms with van der Waals surface area (Å²) in [6.07, 6.45) is 2.28. The third-order valence-corrected chi connectivity index (χ3v) is 8.54. The molecule has 4 atom stereocenters. The van der Waals surface area contributed by atoms with E-state index >= 15 is 0 Å². The van der Waals surface area contributed by atoms with Crippen LogP contribution in [0.4, 0.5) is 19.0 Å². The van der Waals surface area contributed by atoms with Gasteiger partial charge in [-0.1, -0.05) is 11.6 Å². The van der Waals surface area contributed by atoms with Crippen LogP contribution in [0.15, 0.2) is 30.7 Å². The number of nitrogens with zero attached hydrogens (tertiary/aromatic N) is 5. The van der Waals surface area contributed by atoms with Crippen molar-refractivity contribution in [2.75, 3.05) is 25.5 Å². The van der Waals surface area contributed by atoms with Gasteiger partial charge in [-0.05, 0) is 63.9 Å². The summed E-state index contributed by atoms with van der Waals surface area (Å²) < 4.78 is 41.4. The third kappa shape index (κ3) is 5.88. The Bertz CT molecular complexity index is 1540. The maximum atomic E-state index is 13.1. The minimum atomic E-state index is -4.52. The second-order valence-electron chi connectivity index (χ2n) is 11.4. The molecule has 0 amide bonds. The minimum Gasteiger partial charge on any atom is -0.390 e. The first-order valence-corrected chi connectivity index (χ1v) is 14.3. The number of H-pyrrole nitrogens is 1. The van der Waals surface area contributed by atoms with Crippen molar-refractivity contribution in [1.82, 2.24) is 29.4 Å². The second-order valence-corrected chi connectivity index (χ2v) is 11.8. The number of aliphatic hydroxyl groups is 2. The number of fused-ring (bicyclic) bond motifs is 2. The lowest BCUT2D eigenvalue weighted by atomic mass is 10.0. The molecule has 9 nitrogen and oxygen atoms in total. The van der Waals surface area contributed by atoms with Crippen molar-refractivity contribution in [2.24, 2.45) is 5.92 Å². The first kappa shape index (κ1) is 28.2. The number of rotatable bonds is 10. The van der Waals surface area contributed by atoms with E-state index in [1.165, 1.54) is 12.4 Å². The van der Waals surface area contributed by atoms with Crippen LogP contribution in [0.25, 0.3) is 22.1 Å². The van der Waals surface area contributed by atoms with Crippen molar-refractivity contribution < 1.29 is 23.4 Å². The molecule has 6 rings (SSSR count). The van der Waals surface area contributed by atoms with E-state index in [9.17, 15) is 23.4 Å². The number of hydrogen-bond acceptors (Lipinski definition) is 7. The topological polar surface area (TPSA) is 115 Å². The Morgan fingerprint density at radius 2 is 1.98 bits per heavy atom. The van der Waals surface area contributed by atoms with E-state index < -0.39 is 23.9 Å². The molecule has 220 valence electrons. The second kappa shape index (κ2) is 11.0. The molecule has 0 spiro atoms. The highest BCUT2D eigenvalue weighted by molar-refractivity contribution is 6.32. The van der Waals surface area contributed by atoms with Crippen LogP contribution in [0.1, 0.15) is 49.5 Å². The number of benzene rings is 1. The van der Waals surface area contributed by atoms with Crippen LogP contribution >= 0.6 is 11.6 Å². The number of anilines is 1. The SMILES string of the molecule is CN(CCCCc1nc2cc(Cl)c(C(F)(F)F)cc2[nH]1)C[C@H]1CC(n2ccc3c(NC4CC4)ncnc32)[C@H](O)[C@@H]1O. The standard InChI is InChI=1S/C28H33ClF3N7O2/c1-38(8-3-2-4-23-36-20-11-18(28(30,31)32)19(29)12-21(20)37-23)13-15-10-22(25(41)24(15)40)39-9-7-17-26(35-16-5-6-16)33-14-34-27(17)39/h7,9,11-12,14-16,22,24-25,40-41H,2-6,8,10,13H2,1H3,(H,36,37)(H,33,34,35)/t15-,22?,24-,25+/m1/s1. The Hall–Kier alpha value is -2.93. The van der Waals surface area contributed by atoms with Crippen molar-refractivity contribution in [1.29, 1.82) is 0 Å². The number of aromatic amines is 1. The van der Waals surface area contributed by atoms with Gasteiger partial charge in [-0.2, -0.15) is 13.2 Å². The Morgan fingerprint density at radius 1 is 1.17 bits per heavy atom. The van der Waals surface area contributed by atoms with Crippen molar-refractivity contribution in [3.05, 3.63) is 47.1 Å². The summed E-state index contributed by atoms with van der Waals surface area (Å²) in [5, 5.41) is 25.8. The zero-order valence-electron chi connectivity index (χ0n) is 22.6. The number of aromatic nitrogens is 5. The lowest BCUT2D eigenvalue weighted by Gasteiger charge is -2.23. The fourth-order valence-corrected chi connectivity index (χ4v) is 6.18. The molecule has 2 aliphatic rings. The fraction of sp³-hybridized carbons (Fsp3) is 0.536. The van der Waals surface area contributed by atoms with E-state index in [1.54, 1.807) is 0 Å². The molecule has 4 aromatic rings. The molecular weight excluding hydrogens is 559 g/mol. The summed E-state index contributed by atoms with van der Waals surface area (Å²) in [5.41, 5.74) is 0.597. The molecule has 0 bridgehead atoms. The molecule has 2 aliphatic carbocycles. The summed E-state index contributed by atoms with van der Waals surface area (Å²) in [5.74, 6) is 1.32. The number of imidazole rings is 1. The van der Waals surface area contributed by atoms with Crippen molar-refractivity contribution in [3.63, 3.8) is 0 Å². The van der Waals surface area contributed by atoms with Gasteiger partial charge >= 0.3 is 6.18 Å². The van der Waals surface area contributed by atoms with Gasteiger partial charge in [-0.15, -0.1) is 0 Å². The van der Waals surface area contributed by atoms with Gasteiger partial charge in [0.25, 0.3) is 0 Å². The van der Waals surface area contributed by atoms with Crippen LogP contribution < -0.4 is 5.32 Å². The van der Waals surface area contributed by atoms with Crippen LogP contribution in [-0.2, 0) is 12.6 Å². The number of aryl methyl sites for hydroxylation is 1. The molecule has 41 heavy (non-hydrogen) atoms. The molecule has 4 N–H and O–H groups in total. The smallest absolute Gasteiger partial charge is 0.390 e. The van der Waals surface area contributed by atoms with Crippen molar-refractivity contribution in [2.45, 2.75) is 69.0 Å². The van der Waals surface area contributed by atoms with E-state index in [0.29, 0.717) is 42.3 Å². The van der Waals surface area contributed by atoms with Gasteiger partial charge < -0.3 is 30.0 Å². The lowest BCUT2D eigenvalue weighted by Crippen LogP contribution is -2.35. The van der Waals surface area contributed by atoms with Gasteiger partial charge in [0.2, 0.25) is 0 Å². The summed E-state index contributed by atoms with van der Waals surface area (Å²) in [6, 6.07) is 4.38. The molecule has 0 saturated heterocycles. The van der Waals surface area contributed by atoms with Gasteiger partial charge in [-0.25, -0.2) is 15.0 Å². The van der Waals surface area contributed by atoms with E-state index in [2.05, 4.69) is 30.2 Å². The maximum Gasteiger partial charge on any atom is 0.417 e. The van der Waals surface area contributed by atoms with Crippen LogP contribution in [0.2, 0.25) is 5.02 Å². The molecule has 2 fully saturated rings. The van der Waals surface area contributed by atoms with Crippen LogP contribution in [-0.4, -0.2) is 78.0 Å². The van der Waals surface area contributed by atoms with Crippen molar-refractivity contribution >= 4 is 39.5 Å². The Morgan fingerprint density at radius 3 is 2.73 bits per heavy atom. The van der Waals surface area contributed by atoms with Gasteiger partial charge in [0.15, 0.2) is 0 Å². The van der Waals surface area contributed by atoms with Crippen molar-refractivity contribution in [3.8, 4) is 0 Å². The number of unbranched alkanes of at least 4 members (excludes halogenated alkanes) is 1. The normalized spacial score (nSPS) is 23.3. The first-order chi connectivity index (χ1) is 19.6. The number of halogens is 4. The quantitative estimate of drug-likeness (QED) is 0.196. The molecule has 2 saturated carbocycles. The van der Waals surface area contributed by atoms with E-state index in [4.69, 9.17) is 11.6 Å². The molecular formula is C28H33ClF3N7O2. The van der Waals surface area contributed by atoms with Gasteiger partial charge in [-0.3, -0.25) is 0 Å². The molecule has 0 radical (unpaired) electrons. The number of alkyl halides is 3. The van der Waals surface area contributed by atoms with Crippen LogP contribution in [0.3, 0.4) is 0 Å². The average Bonchev–Trinajstić information content (AvgIpc) is 3.38. The highest BCUT2D eigenvalue weighted by atomic mass is 35.5. The predicted octanol–water partition coefficient (Wildman–Crippen LogP) is 4.79. The number of aliphatic hydroxyl groups excluding tert-OH is 2. The summed E-state index contributed by atoms with van der Waals surface area (Å²) in [6.45, 7) is 1.39. The monoisotopic (exact) mass is 591 g/mol. The summed E-state index contributed by atoms with van der Waals surface area (Å²) in [4.78, 5) is 18.4. The summed E-state index contributed by atoms with van der Waals surface area (Å²) >= 11 is 5.81. The largest absolute Gasteiger partial charge is 0.417 e. The van der Waals surface area contributed by atoms with E-state index in [0.717, 1.165) is 55.1 Å². The van der Waals surface area contributed by atoms with E-state index in [1.807, 2.05) is 23.9 Å². The van der Waals surface area contributed by atoms with Crippen LogP contribution in [0, 0.1) is 5.92 Å². The van der Waals surface area contributed by atoms with Gasteiger partial charge in [0.05, 0.1) is 39.2 Å². The van der Waals surface area contributed by atoms with Gasteiger partial charge in [0, 0.05) is 31.1 Å². The Balaban J connectivity index is 1.02. The number of hydrogen-bond donors (Lipinski definition) is 4. The molecule has 13 heteroatoms. The Kier molecular flexibility index (Phi) is 7.60. The molecule has 1 unspecified atom stereocenters. The summed E-state index contributed by atoms with van der Waals surface area (Å²) in [7, 11) is 1.99. The fourth-order valence-electron chi connectivity index (χ4n) is 5.92. The molecule has 1 aromatic carbocycles. The third-order valence-electron chi connectivity index (χ3n) is 8.23. The lowest BCUT2D eigenvalue weighted by molar-refractivity contribution is -0.137. The molecule has 0 aliphatic heterocycles. The molecule has 3 aromatic heterocycles. The van der Waals surface area contributed by atoms with E-state index in [-0.39, 0.29) is 17.0 Å². The average molecular weight is 592 g/mol. The molecule has 3 heterocycles. The maximum absolute atomic E-state index is 13.1. The minimum absolute atomic E-state index is 0.105. The number of nitrogens with one attached hydrogen (secondary N) is 2. The van der Waals surface area contributed by atoms with Crippen LogP contribution in [0.5, 0.6) is 0 Å².